The molecule has 2 fully saturated rings. The highest BCUT2D eigenvalue weighted by Gasteiger charge is 2.51. The van der Waals surface area contributed by atoms with Gasteiger partial charge in [0.2, 0.25) is 5.43 Å². The molecule has 2 aliphatic heterocycles. The quantitative estimate of drug-likeness (QED) is 0.682. The maximum Gasteiger partial charge on any atom is 0.419 e. The van der Waals surface area contributed by atoms with E-state index in [1.807, 2.05) is 0 Å². The lowest BCUT2D eigenvalue weighted by atomic mass is 9.95. The van der Waals surface area contributed by atoms with Gasteiger partial charge in [-0.25, -0.2) is 4.39 Å². The van der Waals surface area contributed by atoms with E-state index in [0.717, 1.165) is 31.4 Å². The summed E-state index contributed by atoms with van der Waals surface area (Å²) in [6.07, 6.45) is -0.989. The molecule has 0 radical (unpaired) electrons. The molecule has 2 amide bonds. The highest BCUT2D eigenvalue weighted by molar-refractivity contribution is 5.99. The number of amides is 2. The predicted octanol–water partition coefficient (Wildman–Crippen LogP) is 2.65. The van der Waals surface area contributed by atoms with Crippen LogP contribution < -0.4 is 10.7 Å². The van der Waals surface area contributed by atoms with Gasteiger partial charge in [0.05, 0.1) is 11.6 Å². The lowest BCUT2D eigenvalue weighted by molar-refractivity contribution is -0.140. The lowest BCUT2D eigenvalue weighted by Gasteiger charge is -2.40. The molecule has 33 heavy (non-hydrogen) atoms. The fraction of sp³-hybridized carbons (Fsp3) is 0.409. The summed E-state index contributed by atoms with van der Waals surface area (Å²) in [5, 5.41) is 12.7. The van der Waals surface area contributed by atoms with Gasteiger partial charge in [0, 0.05) is 30.9 Å². The molecular formula is C22H19F4N3O4. The average molecular weight is 465 g/mol. The van der Waals surface area contributed by atoms with E-state index in [0.29, 0.717) is 18.5 Å². The fourth-order valence-electron chi connectivity index (χ4n) is 5.35. The van der Waals surface area contributed by atoms with Crippen LogP contribution in [0.2, 0.25) is 0 Å². The molecule has 3 heterocycles. The van der Waals surface area contributed by atoms with E-state index in [1.54, 1.807) is 4.90 Å². The van der Waals surface area contributed by atoms with Crippen molar-refractivity contribution in [3.63, 3.8) is 0 Å². The maximum absolute atomic E-state index is 14.2. The molecule has 0 spiro atoms. The molecule has 2 aromatic rings. The van der Waals surface area contributed by atoms with Gasteiger partial charge >= 0.3 is 6.18 Å². The van der Waals surface area contributed by atoms with Crippen LogP contribution >= 0.6 is 0 Å². The van der Waals surface area contributed by atoms with Crippen LogP contribution in [0, 0.1) is 11.7 Å². The largest absolute Gasteiger partial charge is 0.503 e. The molecule has 1 aromatic heterocycles. The molecule has 1 aliphatic carbocycles. The molecule has 2 N–H and O–H groups in total. The van der Waals surface area contributed by atoms with Crippen molar-refractivity contribution in [2.45, 2.75) is 50.6 Å². The van der Waals surface area contributed by atoms with Crippen LogP contribution in [-0.2, 0) is 19.3 Å². The van der Waals surface area contributed by atoms with Gasteiger partial charge in [0.25, 0.3) is 11.8 Å². The van der Waals surface area contributed by atoms with Crippen molar-refractivity contribution in [1.29, 1.82) is 0 Å². The topological polar surface area (TPSA) is 91.6 Å². The Morgan fingerprint density at radius 2 is 1.97 bits per heavy atom. The second-order valence-corrected chi connectivity index (χ2v) is 8.69. The summed E-state index contributed by atoms with van der Waals surface area (Å²) in [7, 11) is 0. The van der Waals surface area contributed by atoms with E-state index in [4.69, 9.17) is 0 Å². The Balaban J connectivity index is 1.42. The summed E-state index contributed by atoms with van der Waals surface area (Å²) in [6, 6.07) is 2.69. The van der Waals surface area contributed by atoms with E-state index in [2.05, 4.69) is 5.32 Å². The number of aromatic hydroxyl groups is 1. The first kappa shape index (κ1) is 21.5. The van der Waals surface area contributed by atoms with Crippen LogP contribution in [0.5, 0.6) is 5.75 Å². The third-order valence-corrected chi connectivity index (χ3v) is 6.89. The molecule has 3 aliphatic rings. The van der Waals surface area contributed by atoms with Crippen molar-refractivity contribution >= 4 is 11.8 Å². The number of alkyl halides is 3. The number of hydrogen-bond acceptors (Lipinski definition) is 4. The van der Waals surface area contributed by atoms with Crippen molar-refractivity contribution in [3.05, 3.63) is 62.8 Å². The maximum atomic E-state index is 14.2. The highest BCUT2D eigenvalue weighted by atomic mass is 19.4. The van der Waals surface area contributed by atoms with Gasteiger partial charge in [-0.1, -0.05) is 12.1 Å². The third-order valence-electron chi connectivity index (χ3n) is 6.89. The van der Waals surface area contributed by atoms with Crippen molar-refractivity contribution in [2.75, 3.05) is 0 Å². The normalized spacial score (nSPS) is 23.5. The van der Waals surface area contributed by atoms with Gasteiger partial charge in [0.1, 0.15) is 11.4 Å². The number of piperidine rings is 1. The highest BCUT2D eigenvalue weighted by Crippen LogP contribution is 2.45. The number of aromatic nitrogens is 1. The number of nitrogens with zero attached hydrogens (tertiary/aromatic N) is 2. The third kappa shape index (κ3) is 3.28. The molecule has 3 atom stereocenters. The smallest absolute Gasteiger partial charge is 0.419 e. The number of fused-ring (bicyclic) bond motifs is 6. The summed E-state index contributed by atoms with van der Waals surface area (Å²) in [5.74, 6) is -3.50. The van der Waals surface area contributed by atoms with Crippen molar-refractivity contribution in [3.8, 4) is 5.75 Å². The van der Waals surface area contributed by atoms with E-state index in [-0.39, 0.29) is 17.8 Å². The molecule has 1 aromatic carbocycles. The van der Waals surface area contributed by atoms with Crippen LogP contribution in [0.15, 0.2) is 29.2 Å². The van der Waals surface area contributed by atoms with Crippen molar-refractivity contribution < 1.29 is 32.3 Å². The van der Waals surface area contributed by atoms with Crippen LogP contribution in [0.1, 0.15) is 51.2 Å². The summed E-state index contributed by atoms with van der Waals surface area (Å²) in [5.41, 5.74) is -3.60. The summed E-state index contributed by atoms with van der Waals surface area (Å²) < 4.78 is 54.3. The molecule has 11 heteroatoms. The van der Waals surface area contributed by atoms with Crippen molar-refractivity contribution in [1.82, 2.24) is 14.8 Å². The number of carbonyl (C=O) groups excluding carboxylic acids is 2. The first-order valence-corrected chi connectivity index (χ1v) is 10.5. The second-order valence-electron chi connectivity index (χ2n) is 8.69. The average Bonchev–Trinajstić information content (AvgIpc) is 3.36. The van der Waals surface area contributed by atoms with E-state index >= 15 is 0 Å². The van der Waals surface area contributed by atoms with Gasteiger partial charge in [-0.05, 0) is 31.2 Å². The summed E-state index contributed by atoms with van der Waals surface area (Å²) in [6.45, 7) is -0.283. The monoisotopic (exact) mass is 465 g/mol. The summed E-state index contributed by atoms with van der Waals surface area (Å²) >= 11 is 0. The number of rotatable bonds is 3. The lowest BCUT2D eigenvalue weighted by Crippen LogP contribution is -2.52. The van der Waals surface area contributed by atoms with Gasteiger partial charge in [-0.3, -0.25) is 14.4 Å². The van der Waals surface area contributed by atoms with E-state index < -0.39 is 58.2 Å². The molecule has 2 bridgehead atoms. The summed E-state index contributed by atoms with van der Waals surface area (Å²) in [4.78, 5) is 40.0. The Bertz CT molecular complexity index is 1240. The molecule has 174 valence electrons. The van der Waals surface area contributed by atoms with Gasteiger partial charge < -0.3 is 19.9 Å². The number of carbonyl (C=O) groups is 2. The Morgan fingerprint density at radius 3 is 2.70 bits per heavy atom. The molecular weight excluding hydrogens is 446 g/mol. The number of halogens is 4. The van der Waals surface area contributed by atoms with E-state index in [9.17, 15) is 37.1 Å². The zero-order chi connectivity index (χ0) is 23.7. The van der Waals surface area contributed by atoms with Gasteiger partial charge in [-0.15, -0.1) is 0 Å². The number of benzene rings is 1. The van der Waals surface area contributed by atoms with Crippen LogP contribution in [0.25, 0.3) is 0 Å². The Morgan fingerprint density at radius 1 is 1.21 bits per heavy atom. The van der Waals surface area contributed by atoms with Gasteiger partial charge in [-0.2, -0.15) is 13.2 Å². The number of hydrogen-bond donors (Lipinski definition) is 2. The molecule has 0 unspecified atom stereocenters. The number of nitrogens with one attached hydrogen (secondary N) is 1. The Labute approximate surface area is 184 Å². The first-order valence-electron chi connectivity index (χ1n) is 10.5. The minimum Gasteiger partial charge on any atom is -0.503 e. The van der Waals surface area contributed by atoms with Gasteiger partial charge in [0.15, 0.2) is 11.4 Å². The zero-order valence-corrected chi connectivity index (χ0v) is 17.2. The molecule has 1 saturated carbocycles. The number of pyridine rings is 1. The van der Waals surface area contributed by atoms with Crippen LogP contribution in [-0.4, -0.2) is 38.5 Å². The molecule has 7 nitrogen and oxygen atoms in total. The standard InChI is InChI=1S/C22H19F4N3O4/c23-16-11(2-1-3-14(16)22(24,25)26)7-27-20(32)13-8-28-9-15-10-4-5-12(6-10)29(15)21(33)17(28)19(31)18(13)30/h1-3,8,10,12,15,31H,4-7,9H2,(H,27,32)/t10-,12+,15-/m0/s1. The fourth-order valence-corrected chi connectivity index (χ4v) is 5.35. The molecule has 1 saturated heterocycles. The van der Waals surface area contributed by atoms with Crippen LogP contribution in [0.4, 0.5) is 17.6 Å². The Hall–Kier alpha value is -3.37. The van der Waals surface area contributed by atoms with E-state index in [1.165, 1.54) is 10.8 Å². The first-order chi connectivity index (χ1) is 15.6. The minimum absolute atomic E-state index is 0.0826. The second kappa shape index (κ2) is 7.32. The van der Waals surface area contributed by atoms with Crippen LogP contribution in [0.3, 0.4) is 0 Å². The predicted molar refractivity (Wildman–Crippen MR) is 106 cm³/mol. The SMILES string of the molecule is O=C(NCc1cccc(C(F)(F)F)c1F)c1cn2c(c(O)c1=O)C(=O)N1[C@@H]3CC[C@@H](C3)[C@@H]1C2. The molecule has 5 rings (SSSR count). The minimum atomic E-state index is -4.90. The zero-order valence-electron chi connectivity index (χ0n) is 17.2. The van der Waals surface area contributed by atoms with Crippen molar-refractivity contribution in [2.24, 2.45) is 5.92 Å². The Kier molecular flexibility index (Phi) is 4.77.